The first-order valence-electron chi connectivity index (χ1n) is 9.79. The van der Waals surface area contributed by atoms with Gasteiger partial charge in [0.05, 0.1) is 16.8 Å². The molecule has 3 amide bonds. The fourth-order valence-corrected chi connectivity index (χ4v) is 4.66. The van der Waals surface area contributed by atoms with Crippen molar-refractivity contribution in [2.24, 2.45) is 0 Å². The maximum Gasteiger partial charge on any atom is 0.262 e. The van der Waals surface area contributed by atoms with E-state index in [0.717, 1.165) is 21.7 Å². The van der Waals surface area contributed by atoms with Gasteiger partial charge >= 0.3 is 0 Å². The average Bonchev–Trinajstić information content (AvgIpc) is 3.33. The zero-order valence-corrected chi connectivity index (χ0v) is 18.8. The summed E-state index contributed by atoms with van der Waals surface area (Å²) in [6.45, 7) is 2.02. The van der Waals surface area contributed by atoms with E-state index in [1.54, 1.807) is 36.0 Å². The number of anilines is 1. The number of aryl methyl sites for hydroxylation is 1. The fraction of sp³-hybridized carbons (Fsp3) is 0.217. The Morgan fingerprint density at radius 1 is 1.10 bits per heavy atom. The lowest BCUT2D eigenvalue weighted by atomic mass is 10.1. The zero-order chi connectivity index (χ0) is 22.0. The first-order valence-corrected chi connectivity index (χ1v) is 12.1. The molecule has 158 valence electrons. The summed E-state index contributed by atoms with van der Waals surface area (Å²) in [5, 5.41) is 5.12. The molecule has 0 bridgehead atoms. The van der Waals surface area contributed by atoms with Gasteiger partial charge < -0.3 is 5.32 Å². The van der Waals surface area contributed by atoms with E-state index in [2.05, 4.69) is 10.3 Å². The van der Waals surface area contributed by atoms with Gasteiger partial charge in [-0.2, -0.15) is 11.8 Å². The lowest BCUT2D eigenvalue weighted by Gasteiger charge is -2.24. The number of nitrogens with zero attached hydrogens (tertiary/aromatic N) is 2. The molecule has 0 aliphatic carbocycles. The number of nitrogens with one attached hydrogen (secondary N) is 1. The molecule has 1 atom stereocenters. The molecular weight excluding hydrogens is 430 g/mol. The van der Waals surface area contributed by atoms with Gasteiger partial charge in [-0.05, 0) is 37.5 Å². The van der Waals surface area contributed by atoms with E-state index < -0.39 is 23.8 Å². The van der Waals surface area contributed by atoms with E-state index in [-0.39, 0.29) is 0 Å². The van der Waals surface area contributed by atoms with Gasteiger partial charge in [-0.25, -0.2) is 4.98 Å². The van der Waals surface area contributed by atoms with Crippen LogP contribution in [-0.2, 0) is 4.79 Å². The number of imide groups is 1. The summed E-state index contributed by atoms with van der Waals surface area (Å²) in [5.74, 6) is -0.631. The second kappa shape index (κ2) is 9.03. The molecule has 0 saturated carbocycles. The van der Waals surface area contributed by atoms with E-state index in [1.165, 1.54) is 11.3 Å². The van der Waals surface area contributed by atoms with Crippen LogP contribution in [0.25, 0.3) is 11.3 Å². The summed E-state index contributed by atoms with van der Waals surface area (Å²) in [7, 11) is 0. The Morgan fingerprint density at radius 2 is 1.74 bits per heavy atom. The van der Waals surface area contributed by atoms with E-state index in [4.69, 9.17) is 0 Å². The maximum atomic E-state index is 13.1. The number of thiazole rings is 1. The van der Waals surface area contributed by atoms with Crippen molar-refractivity contribution >= 4 is 46.0 Å². The third kappa shape index (κ3) is 4.26. The van der Waals surface area contributed by atoms with Crippen LogP contribution in [0.2, 0.25) is 0 Å². The molecule has 2 heterocycles. The van der Waals surface area contributed by atoms with Crippen LogP contribution in [0.3, 0.4) is 0 Å². The minimum atomic E-state index is -0.897. The Hall–Kier alpha value is -2.97. The van der Waals surface area contributed by atoms with Gasteiger partial charge in [0.15, 0.2) is 5.13 Å². The Kier molecular flexibility index (Phi) is 6.20. The molecule has 3 aromatic rings. The minimum Gasteiger partial charge on any atom is -0.300 e. The number of thioether (sulfide) groups is 1. The predicted molar refractivity (Wildman–Crippen MR) is 125 cm³/mol. The molecule has 0 saturated heterocycles. The second-order valence-electron chi connectivity index (χ2n) is 7.22. The molecule has 2 aromatic carbocycles. The Morgan fingerprint density at radius 3 is 2.35 bits per heavy atom. The summed E-state index contributed by atoms with van der Waals surface area (Å²) in [6.07, 6.45) is 2.29. The van der Waals surface area contributed by atoms with Crippen molar-refractivity contribution in [3.63, 3.8) is 0 Å². The monoisotopic (exact) mass is 451 g/mol. The molecule has 6 nitrogen and oxygen atoms in total. The van der Waals surface area contributed by atoms with Crippen molar-refractivity contribution in [1.29, 1.82) is 0 Å². The van der Waals surface area contributed by atoms with Gasteiger partial charge in [0.25, 0.3) is 11.8 Å². The van der Waals surface area contributed by atoms with Crippen molar-refractivity contribution in [2.75, 3.05) is 17.3 Å². The number of hydrogen-bond acceptors (Lipinski definition) is 6. The zero-order valence-electron chi connectivity index (χ0n) is 17.1. The number of rotatable bonds is 7. The van der Waals surface area contributed by atoms with Gasteiger partial charge in [-0.1, -0.05) is 42.0 Å². The molecule has 31 heavy (non-hydrogen) atoms. The van der Waals surface area contributed by atoms with Gasteiger partial charge in [-0.15, -0.1) is 11.3 Å². The third-order valence-electron chi connectivity index (χ3n) is 5.12. The van der Waals surface area contributed by atoms with Gasteiger partial charge in [0.1, 0.15) is 6.04 Å². The summed E-state index contributed by atoms with van der Waals surface area (Å²) in [4.78, 5) is 44.5. The SMILES string of the molecule is CSCCC(C(=O)Nc1nc(-c2ccc(C)cc2)cs1)N1C(=O)c2ccccc2C1=O. The average molecular weight is 452 g/mol. The maximum absolute atomic E-state index is 13.1. The van der Waals surface area contributed by atoms with E-state index in [9.17, 15) is 14.4 Å². The number of carbonyl (C=O) groups excluding carboxylic acids is 3. The third-order valence-corrected chi connectivity index (χ3v) is 6.52. The van der Waals surface area contributed by atoms with E-state index in [1.807, 2.05) is 42.8 Å². The molecular formula is C23H21N3O3S2. The number of hydrogen-bond donors (Lipinski definition) is 1. The molecule has 1 aromatic heterocycles. The fourth-order valence-electron chi connectivity index (χ4n) is 3.47. The highest BCUT2D eigenvalue weighted by Crippen LogP contribution is 2.28. The molecule has 4 rings (SSSR count). The van der Waals surface area contributed by atoms with Crippen molar-refractivity contribution in [3.8, 4) is 11.3 Å². The van der Waals surface area contributed by atoms with Crippen LogP contribution in [0.15, 0.2) is 53.9 Å². The van der Waals surface area contributed by atoms with Crippen LogP contribution in [0.4, 0.5) is 5.13 Å². The van der Waals surface area contributed by atoms with Crippen LogP contribution >= 0.6 is 23.1 Å². The Labute approximate surface area is 188 Å². The van der Waals surface area contributed by atoms with Crippen molar-refractivity contribution in [3.05, 3.63) is 70.6 Å². The number of benzene rings is 2. The molecule has 1 unspecified atom stereocenters. The first-order chi connectivity index (χ1) is 15.0. The topological polar surface area (TPSA) is 79.4 Å². The highest BCUT2D eigenvalue weighted by Gasteiger charge is 2.42. The van der Waals surface area contributed by atoms with Crippen LogP contribution in [0, 0.1) is 6.92 Å². The highest BCUT2D eigenvalue weighted by atomic mass is 32.2. The van der Waals surface area contributed by atoms with Crippen LogP contribution in [0.5, 0.6) is 0 Å². The Balaban J connectivity index is 1.55. The van der Waals surface area contributed by atoms with Crippen LogP contribution in [-0.4, -0.2) is 45.7 Å². The lowest BCUT2D eigenvalue weighted by molar-refractivity contribution is -0.120. The number of aromatic nitrogens is 1. The summed E-state index contributed by atoms with van der Waals surface area (Å²) in [5.41, 5.74) is 3.56. The quantitative estimate of drug-likeness (QED) is 0.536. The lowest BCUT2D eigenvalue weighted by Crippen LogP contribution is -2.47. The molecule has 1 N–H and O–H groups in total. The van der Waals surface area contributed by atoms with Gasteiger partial charge in [-0.3, -0.25) is 19.3 Å². The van der Waals surface area contributed by atoms with Crippen molar-refractivity contribution in [2.45, 2.75) is 19.4 Å². The first kappa shape index (κ1) is 21.3. The molecule has 0 radical (unpaired) electrons. The Bertz CT molecular complexity index is 1110. The highest BCUT2D eigenvalue weighted by molar-refractivity contribution is 7.98. The summed E-state index contributed by atoms with van der Waals surface area (Å²) >= 11 is 2.87. The molecule has 0 spiro atoms. The largest absolute Gasteiger partial charge is 0.300 e. The van der Waals surface area contributed by atoms with Gasteiger partial charge in [0, 0.05) is 10.9 Å². The molecule has 1 aliphatic heterocycles. The molecule has 0 fully saturated rings. The molecule has 8 heteroatoms. The summed E-state index contributed by atoms with van der Waals surface area (Å²) in [6, 6.07) is 13.8. The smallest absolute Gasteiger partial charge is 0.262 e. The van der Waals surface area contributed by atoms with Crippen LogP contribution in [0.1, 0.15) is 32.7 Å². The number of fused-ring (bicyclic) bond motifs is 1. The predicted octanol–water partition coefficient (Wildman–Crippen LogP) is 4.47. The number of carbonyl (C=O) groups is 3. The minimum absolute atomic E-state index is 0.338. The summed E-state index contributed by atoms with van der Waals surface area (Å²) < 4.78 is 0. The number of amides is 3. The normalized spacial score (nSPS) is 13.9. The molecule has 1 aliphatic rings. The van der Waals surface area contributed by atoms with Crippen molar-refractivity contribution < 1.29 is 14.4 Å². The van der Waals surface area contributed by atoms with Gasteiger partial charge in [0.2, 0.25) is 5.91 Å². The standard InChI is InChI=1S/C23H21N3O3S2/c1-14-7-9-15(10-8-14)18-13-31-23(24-18)25-20(27)19(11-12-30-2)26-21(28)16-5-3-4-6-17(16)22(26)29/h3-10,13,19H,11-12H2,1-2H3,(H,24,25,27). The van der Waals surface area contributed by atoms with Crippen molar-refractivity contribution in [1.82, 2.24) is 9.88 Å². The van der Waals surface area contributed by atoms with E-state index in [0.29, 0.717) is 28.4 Å². The van der Waals surface area contributed by atoms with Crippen LogP contribution < -0.4 is 5.32 Å². The second-order valence-corrected chi connectivity index (χ2v) is 9.06. The van der Waals surface area contributed by atoms with E-state index >= 15 is 0 Å².